The predicted molar refractivity (Wildman–Crippen MR) is 96.5 cm³/mol. The van der Waals surface area contributed by atoms with E-state index < -0.39 is 8.80 Å². The Morgan fingerprint density at radius 3 is 1.45 bits per heavy atom. The van der Waals surface area contributed by atoms with Gasteiger partial charge < -0.3 is 5.11 Å². The second-order valence-electron chi connectivity index (χ2n) is 5.76. The molecule has 0 unspecified atom stereocenters. The Morgan fingerprint density at radius 1 is 0.636 bits per heavy atom. The Kier molecular flexibility index (Phi) is 4.12. The van der Waals surface area contributed by atoms with Crippen molar-refractivity contribution in [1.82, 2.24) is 0 Å². The fraction of sp³-hybridized carbons (Fsp3) is 0.100. The number of phenols is 1. The Morgan fingerprint density at radius 2 is 1.05 bits per heavy atom. The molecule has 0 atom stereocenters. The van der Waals surface area contributed by atoms with E-state index in [4.69, 9.17) is 0 Å². The van der Waals surface area contributed by atoms with Crippen LogP contribution in [0.15, 0.2) is 72.8 Å². The molecule has 2 heteroatoms. The number of hydrogen-bond donors (Lipinski definition) is 1. The Labute approximate surface area is 133 Å². The Hall–Kier alpha value is -2.32. The summed E-state index contributed by atoms with van der Waals surface area (Å²) in [7, 11) is -1.50. The highest BCUT2D eigenvalue weighted by atomic mass is 28.3. The Balaban J connectivity index is 2.19. The molecule has 0 aliphatic carbocycles. The molecule has 0 fully saturated rings. The first-order valence-corrected chi connectivity index (χ1v) is 9.30. The first-order valence-electron chi connectivity index (χ1n) is 7.57. The molecule has 22 heavy (non-hydrogen) atoms. The monoisotopic (exact) mass is 304 g/mol. The third-order valence-electron chi connectivity index (χ3n) is 4.11. The molecule has 110 valence electrons. The van der Waals surface area contributed by atoms with Gasteiger partial charge in [-0.05, 0) is 25.0 Å². The zero-order valence-corrected chi connectivity index (χ0v) is 14.1. The van der Waals surface area contributed by atoms with Crippen LogP contribution in [0.4, 0.5) is 0 Å². The van der Waals surface area contributed by atoms with Gasteiger partial charge in [0.15, 0.2) is 0 Å². The molecule has 3 aromatic carbocycles. The van der Waals surface area contributed by atoms with Crippen LogP contribution in [0.5, 0.6) is 5.75 Å². The molecule has 3 aromatic rings. The molecular formula is C20H20OSi. The highest BCUT2D eigenvalue weighted by Gasteiger charge is 2.20. The molecule has 0 aliphatic heterocycles. The van der Waals surface area contributed by atoms with E-state index >= 15 is 0 Å². The maximum atomic E-state index is 10.1. The largest absolute Gasteiger partial charge is 0.507 e. The van der Waals surface area contributed by atoms with Crippen LogP contribution in [-0.2, 0) is 0 Å². The minimum absolute atomic E-state index is 0.414. The first kappa shape index (κ1) is 14.6. The van der Waals surface area contributed by atoms with E-state index in [0.717, 1.165) is 11.1 Å². The summed E-state index contributed by atoms with van der Waals surface area (Å²) in [6, 6.07) is 25.8. The average molecular weight is 304 g/mol. The lowest BCUT2D eigenvalue weighted by atomic mass is 10.1. The minimum Gasteiger partial charge on any atom is -0.507 e. The smallest absolute Gasteiger partial charge is 0.133 e. The van der Waals surface area contributed by atoms with Crippen molar-refractivity contribution in [3.8, 4) is 5.75 Å². The minimum atomic E-state index is -1.50. The summed E-state index contributed by atoms with van der Waals surface area (Å²) in [5.74, 6) is 0.414. The van der Waals surface area contributed by atoms with E-state index in [1.165, 1.54) is 15.6 Å². The molecule has 0 saturated carbocycles. The highest BCUT2D eigenvalue weighted by Crippen LogP contribution is 2.19. The second kappa shape index (κ2) is 6.20. The van der Waals surface area contributed by atoms with Crippen LogP contribution >= 0.6 is 0 Å². The quantitative estimate of drug-likeness (QED) is 0.581. The zero-order valence-electron chi connectivity index (χ0n) is 13.0. The van der Waals surface area contributed by atoms with Crippen LogP contribution in [0.25, 0.3) is 0 Å². The average Bonchev–Trinajstić information content (AvgIpc) is 2.55. The van der Waals surface area contributed by atoms with E-state index in [1.807, 2.05) is 13.8 Å². The lowest BCUT2D eigenvalue weighted by Crippen LogP contribution is -2.52. The lowest BCUT2D eigenvalue weighted by molar-refractivity contribution is 0.467. The first-order chi connectivity index (χ1) is 10.7. The highest BCUT2D eigenvalue weighted by molar-refractivity contribution is 6.95. The second-order valence-corrected chi connectivity index (χ2v) is 8.62. The zero-order chi connectivity index (χ0) is 15.5. The van der Waals surface area contributed by atoms with Gasteiger partial charge in [-0.1, -0.05) is 88.4 Å². The number of rotatable bonds is 3. The number of phenolic OH excluding ortho intramolecular Hbond substituents is 1. The predicted octanol–water partition coefficient (Wildman–Crippen LogP) is 2.26. The van der Waals surface area contributed by atoms with Gasteiger partial charge in [-0.2, -0.15) is 0 Å². The van der Waals surface area contributed by atoms with Crippen molar-refractivity contribution in [3.63, 3.8) is 0 Å². The van der Waals surface area contributed by atoms with Crippen LogP contribution in [0.1, 0.15) is 11.1 Å². The Bertz CT molecular complexity index is 704. The molecule has 0 aromatic heterocycles. The number of hydrogen-bond acceptors (Lipinski definition) is 1. The van der Waals surface area contributed by atoms with Crippen LogP contribution in [0.3, 0.4) is 0 Å². The summed E-state index contributed by atoms with van der Waals surface area (Å²) in [6.07, 6.45) is 0. The topological polar surface area (TPSA) is 20.2 Å². The molecular weight excluding hydrogens is 284 g/mol. The molecule has 3 rings (SSSR count). The lowest BCUT2D eigenvalue weighted by Gasteiger charge is -2.19. The summed E-state index contributed by atoms with van der Waals surface area (Å²) in [6.45, 7) is 3.96. The SMILES string of the molecule is Cc1cc([SiH](c2ccccc2)c2ccccc2)cc(C)c1O. The van der Waals surface area contributed by atoms with Crippen molar-refractivity contribution in [3.05, 3.63) is 83.9 Å². The van der Waals surface area contributed by atoms with Crippen LogP contribution < -0.4 is 15.6 Å². The van der Waals surface area contributed by atoms with Gasteiger partial charge in [0.25, 0.3) is 0 Å². The maximum absolute atomic E-state index is 10.1. The summed E-state index contributed by atoms with van der Waals surface area (Å²) in [5.41, 5.74) is 1.92. The molecule has 1 N–H and O–H groups in total. The molecule has 0 spiro atoms. The molecule has 0 amide bonds. The fourth-order valence-corrected chi connectivity index (χ4v) is 6.23. The van der Waals surface area contributed by atoms with Crippen molar-refractivity contribution >= 4 is 24.4 Å². The normalized spacial score (nSPS) is 10.9. The molecule has 0 saturated heterocycles. The van der Waals surface area contributed by atoms with Gasteiger partial charge in [-0.25, -0.2) is 0 Å². The molecule has 0 bridgehead atoms. The van der Waals surface area contributed by atoms with E-state index in [9.17, 15) is 5.11 Å². The van der Waals surface area contributed by atoms with Gasteiger partial charge in [0.1, 0.15) is 14.5 Å². The molecule has 1 nitrogen and oxygen atoms in total. The standard InChI is InChI=1S/C20H20OSi/c1-15-13-19(14-16(2)20(15)21)22(17-9-5-3-6-10-17)18-11-7-4-8-12-18/h3-14,21-22H,1-2H3. The van der Waals surface area contributed by atoms with Gasteiger partial charge in [0.2, 0.25) is 0 Å². The number of aromatic hydroxyl groups is 1. The van der Waals surface area contributed by atoms with Crippen LogP contribution in [0.2, 0.25) is 0 Å². The maximum Gasteiger partial charge on any atom is 0.133 e. The molecule has 0 radical (unpaired) electrons. The van der Waals surface area contributed by atoms with E-state index in [1.54, 1.807) is 0 Å². The van der Waals surface area contributed by atoms with Crippen molar-refractivity contribution < 1.29 is 5.11 Å². The van der Waals surface area contributed by atoms with E-state index in [0.29, 0.717) is 5.75 Å². The number of aryl methyl sites for hydroxylation is 2. The van der Waals surface area contributed by atoms with Gasteiger partial charge in [0.05, 0.1) is 0 Å². The summed E-state index contributed by atoms with van der Waals surface area (Å²) in [4.78, 5) is 0. The summed E-state index contributed by atoms with van der Waals surface area (Å²) in [5, 5.41) is 14.2. The van der Waals surface area contributed by atoms with E-state index in [2.05, 4.69) is 72.8 Å². The van der Waals surface area contributed by atoms with Gasteiger partial charge in [0, 0.05) is 0 Å². The summed E-state index contributed by atoms with van der Waals surface area (Å²) >= 11 is 0. The fourth-order valence-electron chi connectivity index (χ4n) is 3.02. The third kappa shape index (κ3) is 2.83. The molecule has 0 heterocycles. The van der Waals surface area contributed by atoms with Gasteiger partial charge >= 0.3 is 0 Å². The summed E-state index contributed by atoms with van der Waals surface area (Å²) < 4.78 is 0. The van der Waals surface area contributed by atoms with Crippen molar-refractivity contribution in [2.45, 2.75) is 13.8 Å². The number of benzene rings is 3. The van der Waals surface area contributed by atoms with Crippen molar-refractivity contribution in [2.75, 3.05) is 0 Å². The molecule has 0 aliphatic rings. The van der Waals surface area contributed by atoms with Crippen molar-refractivity contribution in [1.29, 1.82) is 0 Å². The van der Waals surface area contributed by atoms with Crippen LogP contribution in [-0.4, -0.2) is 13.9 Å². The third-order valence-corrected chi connectivity index (χ3v) is 7.22. The van der Waals surface area contributed by atoms with Gasteiger partial charge in [-0.15, -0.1) is 0 Å². The van der Waals surface area contributed by atoms with E-state index in [-0.39, 0.29) is 0 Å². The van der Waals surface area contributed by atoms with Crippen molar-refractivity contribution in [2.24, 2.45) is 0 Å². The van der Waals surface area contributed by atoms with Crippen LogP contribution in [0, 0.1) is 13.8 Å². The van der Waals surface area contributed by atoms with Gasteiger partial charge in [-0.3, -0.25) is 0 Å².